The summed E-state index contributed by atoms with van der Waals surface area (Å²) in [5, 5.41) is 12.5. The summed E-state index contributed by atoms with van der Waals surface area (Å²) in [5.41, 5.74) is 1.82. The van der Waals surface area contributed by atoms with E-state index in [1.165, 1.54) is 12.0 Å². The van der Waals surface area contributed by atoms with E-state index in [-0.39, 0.29) is 0 Å². The maximum Gasteiger partial charge on any atom is 0.136 e. The maximum absolute atomic E-state index is 9.04. The highest BCUT2D eigenvalue weighted by Crippen LogP contribution is 2.21. The summed E-state index contributed by atoms with van der Waals surface area (Å²) >= 11 is 0. The average molecular weight is 300 g/mol. The first-order valence-corrected chi connectivity index (χ1v) is 8.04. The van der Waals surface area contributed by atoms with E-state index in [1.54, 1.807) is 7.11 Å². The van der Waals surface area contributed by atoms with Crippen molar-refractivity contribution in [1.82, 2.24) is 15.1 Å². The van der Waals surface area contributed by atoms with Gasteiger partial charge in [0.25, 0.3) is 0 Å². The van der Waals surface area contributed by atoms with E-state index >= 15 is 0 Å². The number of nitrogens with zero attached hydrogens (tertiary/aromatic N) is 3. The van der Waals surface area contributed by atoms with Crippen LogP contribution >= 0.6 is 0 Å². The first kappa shape index (κ1) is 15.3. The highest BCUT2D eigenvalue weighted by molar-refractivity contribution is 5.45. The van der Waals surface area contributed by atoms with Gasteiger partial charge in [0.05, 0.1) is 12.7 Å². The molecule has 2 aliphatic rings. The highest BCUT2D eigenvalue weighted by atomic mass is 16.5. The molecule has 22 heavy (non-hydrogen) atoms. The fraction of sp³-hybridized carbons (Fsp3) is 0.588. The number of benzene rings is 1. The molecule has 0 spiro atoms. The second-order valence-electron chi connectivity index (χ2n) is 6.11. The van der Waals surface area contributed by atoms with Crippen LogP contribution in [0.5, 0.6) is 5.75 Å². The van der Waals surface area contributed by atoms with Crippen LogP contribution in [0.25, 0.3) is 0 Å². The van der Waals surface area contributed by atoms with Crippen LogP contribution in [0.1, 0.15) is 17.5 Å². The molecule has 2 fully saturated rings. The van der Waals surface area contributed by atoms with Crippen LogP contribution in [0.3, 0.4) is 0 Å². The lowest BCUT2D eigenvalue weighted by Crippen LogP contribution is -2.50. The van der Waals surface area contributed by atoms with Gasteiger partial charge in [-0.25, -0.2) is 0 Å². The number of rotatable bonds is 4. The van der Waals surface area contributed by atoms with Crippen LogP contribution in [0, 0.1) is 11.3 Å². The van der Waals surface area contributed by atoms with Crippen molar-refractivity contribution in [1.29, 1.82) is 5.26 Å². The first-order chi connectivity index (χ1) is 10.8. The van der Waals surface area contributed by atoms with Crippen molar-refractivity contribution >= 4 is 0 Å². The summed E-state index contributed by atoms with van der Waals surface area (Å²) in [6.45, 7) is 7.76. The predicted molar refractivity (Wildman–Crippen MR) is 85.8 cm³/mol. The number of methoxy groups -OCH3 is 1. The minimum absolute atomic E-state index is 0.602. The molecule has 1 aromatic rings. The quantitative estimate of drug-likeness (QED) is 0.900. The van der Waals surface area contributed by atoms with Crippen molar-refractivity contribution in [3.05, 3.63) is 29.3 Å². The Balaban J connectivity index is 1.55. The smallest absolute Gasteiger partial charge is 0.136 e. The van der Waals surface area contributed by atoms with Gasteiger partial charge in [0.1, 0.15) is 11.8 Å². The molecule has 118 valence electrons. The Morgan fingerprint density at radius 3 is 2.77 bits per heavy atom. The molecule has 0 bridgehead atoms. The molecule has 0 aliphatic carbocycles. The lowest BCUT2D eigenvalue weighted by Gasteiger charge is -2.37. The van der Waals surface area contributed by atoms with E-state index in [2.05, 4.69) is 21.2 Å². The van der Waals surface area contributed by atoms with Gasteiger partial charge < -0.3 is 10.1 Å². The number of piperazine rings is 1. The Morgan fingerprint density at radius 2 is 2.14 bits per heavy atom. The fourth-order valence-corrected chi connectivity index (χ4v) is 3.42. The Labute approximate surface area is 132 Å². The summed E-state index contributed by atoms with van der Waals surface area (Å²) in [6, 6.07) is 8.78. The van der Waals surface area contributed by atoms with Crippen LogP contribution in [0.15, 0.2) is 18.2 Å². The number of nitrogens with one attached hydrogen (secondary N) is 1. The van der Waals surface area contributed by atoms with E-state index in [9.17, 15) is 0 Å². The Morgan fingerprint density at radius 1 is 1.32 bits per heavy atom. The molecule has 5 nitrogen and oxygen atoms in total. The van der Waals surface area contributed by atoms with E-state index in [1.807, 2.05) is 18.2 Å². The predicted octanol–water partition coefficient (Wildman–Crippen LogP) is 1.05. The maximum atomic E-state index is 9.04. The molecule has 1 atom stereocenters. The van der Waals surface area contributed by atoms with Crippen LogP contribution in [0.4, 0.5) is 0 Å². The Kier molecular flexibility index (Phi) is 4.94. The number of hydrogen-bond acceptors (Lipinski definition) is 5. The van der Waals surface area contributed by atoms with Crippen molar-refractivity contribution in [2.45, 2.75) is 19.0 Å². The van der Waals surface area contributed by atoms with Crippen LogP contribution in [-0.2, 0) is 6.54 Å². The zero-order valence-corrected chi connectivity index (χ0v) is 13.2. The molecular formula is C17H24N4O. The molecular weight excluding hydrogens is 276 g/mol. The molecule has 1 N–H and O–H groups in total. The third-order valence-corrected chi connectivity index (χ3v) is 4.75. The number of nitriles is 1. The van der Waals surface area contributed by atoms with E-state index in [4.69, 9.17) is 10.00 Å². The topological polar surface area (TPSA) is 51.5 Å². The molecule has 0 amide bonds. The second-order valence-corrected chi connectivity index (χ2v) is 6.11. The van der Waals surface area contributed by atoms with E-state index in [0.29, 0.717) is 11.3 Å². The number of ether oxygens (including phenoxy) is 1. The number of hydrogen-bond donors (Lipinski definition) is 1. The molecule has 0 aromatic heterocycles. The summed E-state index contributed by atoms with van der Waals surface area (Å²) in [5.74, 6) is 0.677. The van der Waals surface area contributed by atoms with E-state index in [0.717, 1.165) is 51.9 Å². The first-order valence-electron chi connectivity index (χ1n) is 8.04. The third-order valence-electron chi connectivity index (χ3n) is 4.75. The summed E-state index contributed by atoms with van der Waals surface area (Å²) in [7, 11) is 1.62. The van der Waals surface area contributed by atoms with Gasteiger partial charge in [-0.05, 0) is 30.7 Å². The molecule has 0 radical (unpaired) electrons. The van der Waals surface area contributed by atoms with Gasteiger partial charge in [0.15, 0.2) is 0 Å². The molecule has 3 rings (SSSR count). The lowest BCUT2D eigenvalue weighted by atomic mass is 10.1. The van der Waals surface area contributed by atoms with Gasteiger partial charge in [-0.1, -0.05) is 6.07 Å². The monoisotopic (exact) mass is 300 g/mol. The SMILES string of the molecule is COc1cc(CN2CCN(C3CCNC3)CC2)ccc1C#N. The Bertz CT molecular complexity index is 540. The summed E-state index contributed by atoms with van der Waals surface area (Å²) < 4.78 is 5.29. The zero-order valence-electron chi connectivity index (χ0n) is 13.2. The molecule has 5 heteroatoms. The normalized spacial score (nSPS) is 23.4. The standard InChI is InChI=1S/C17H24N4O/c1-22-17-10-14(2-3-15(17)11-18)13-20-6-8-21(9-7-20)16-4-5-19-12-16/h2-3,10,16,19H,4-9,12-13H2,1H3. The van der Waals surface area contributed by atoms with Crippen molar-refractivity contribution in [2.75, 3.05) is 46.4 Å². The van der Waals surface area contributed by atoms with Gasteiger partial charge in [0, 0.05) is 45.3 Å². The van der Waals surface area contributed by atoms with Crippen LogP contribution < -0.4 is 10.1 Å². The minimum Gasteiger partial charge on any atom is -0.495 e. The zero-order chi connectivity index (χ0) is 15.4. The van der Waals surface area contributed by atoms with Crippen molar-refractivity contribution in [2.24, 2.45) is 0 Å². The van der Waals surface area contributed by atoms with E-state index < -0.39 is 0 Å². The average Bonchev–Trinajstić information content (AvgIpc) is 3.10. The van der Waals surface area contributed by atoms with Crippen molar-refractivity contribution in [3.8, 4) is 11.8 Å². The van der Waals surface area contributed by atoms with Gasteiger partial charge >= 0.3 is 0 Å². The Hall–Kier alpha value is -1.61. The van der Waals surface area contributed by atoms with Crippen molar-refractivity contribution < 1.29 is 4.74 Å². The summed E-state index contributed by atoms with van der Waals surface area (Å²) in [6.07, 6.45) is 1.28. The third kappa shape index (κ3) is 3.41. The van der Waals surface area contributed by atoms with Crippen LogP contribution in [0.2, 0.25) is 0 Å². The second kappa shape index (κ2) is 7.10. The molecule has 2 heterocycles. The van der Waals surface area contributed by atoms with Crippen LogP contribution in [-0.4, -0.2) is 62.2 Å². The fourth-order valence-electron chi connectivity index (χ4n) is 3.42. The van der Waals surface area contributed by atoms with Gasteiger partial charge in [-0.15, -0.1) is 0 Å². The molecule has 1 aromatic carbocycles. The highest BCUT2D eigenvalue weighted by Gasteiger charge is 2.25. The molecule has 2 saturated heterocycles. The largest absolute Gasteiger partial charge is 0.495 e. The summed E-state index contributed by atoms with van der Waals surface area (Å²) in [4.78, 5) is 5.11. The molecule has 0 saturated carbocycles. The molecule has 2 aliphatic heterocycles. The van der Waals surface area contributed by atoms with Gasteiger partial charge in [-0.2, -0.15) is 5.26 Å². The van der Waals surface area contributed by atoms with Gasteiger partial charge in [0.2, 0.25) is 0 Å². The van der Waals surface area contributed by atoms with Gasteiger partial charge in [-0.3, -0.25) is 9.80 Å². The van der Waals surface area contributed by atoms with Crippen molar-refractivity contribution in [3.63, 3.8) is 0 Å². The lowest BCUT2D eigenvalue weighted by molar-refractivity contribution is 0.0981. The minimum atomic E-state index is 0.602. The molecule has 1 unspecified atom stereocenters.